The van der Waals surface area contributed by atoms with E-state index in [9.17, 15) is 9.59 Å². The molecule has 1 aromatic carbocycles. The summed E-state index contributed by atoms with van der Waals surface area (Å²) in [6.07, 6.45) is 3.39. The molecular formula is C18H21NO5. The van der Waals surface area contributed by atoms with Crippen molar-refractivity contribution in [1.82, 2.24) is 0 Å². The number of methoxy groups -OCH3 is 1. The lowest BCUT2D eigenvalue weighted by Crippen LogP contribution is -2.08. The molecule has 0 radical (unpaired) electrons. The van der Waals surface area contributed by atoms with Crippen LogP contribution in [0, 0.1) is 11.3 Å². The van der Waals surface area contributed by atoms with Crippen LogP contribution < -0.4 is 9.47 Å². The summed E-state index contributed by atoms with van der Waals surface area (Å²) < 4.78 is 15.3. The van der Waals surface area contributed by atoms with Gasteiger partial charge >= 0.3 is 11.9 Å². The number of esters is 2. The summed E-state index contributed by atoms with van der Waals surface area (Å²) >= 11 is 0. The summed E-state index contributed by atoms with van der Waals surface area (Å²) in [5, 5.41) is 9.05. The summed E-state index contributed by atoms with van der Waals surface area (Å²) in [5.74, 6) is -0.378. The standard InChI is InChI=1S/C18H21NO5/c1-4-6-7-17(20)24-15-9-8-13(11-16(15)22-3)10-14(12-19)18(21)23-5-2/h8-11H,4-7H2,1-3H3/b14-10+. The smallest absolute Gasteiger partial charge is 0.348 e. The number of carbonyl (C=O) groups excluding carboxylic acids is 2. The van der Waals surface area contributed by atoms with Crippen LogP contribution >= 0.6 is 0 Å². The van der Waals surface area contributed by atoms with E-state index in [1.807, 2.05) is 6.92 Å². The van der Waals surface area contributed by atoms with Crippen molar-refractivity contribution in [2.75, 3.05) is 13.7 Å². The van der Waals surface area contributed by atoms with Crippen molar-refractivity contribution in [2.24, 2.45) is 0 Å². The van der Waals surface area contributed by atoms with Crippen molar-refractivity contribution in [3.8, 4) is 17.6 Å². The topological polar surface area (TPSA) is 85.6 Å². The van der Waals surface area contributed by atoms with Crippen LogP contribution in [0.4, 0.5) is 0 Å². The fourth-order valence-corrected chi connectivity index (χ4v) is 1.87. The lowest BCUT2D eigenvalue weighted by atomic mass is 10.1. The number of benzene rings is 1. The molecule has 0 N–H and O–H groups in total. The Bertz CT molecular complexity index is 658. The second-order valence-electron chi connectivity index (χ2n) is 4.88. The van der Waals surface area contributed by atoms with E-state index in [2.05, 4.69) is 0 Å². The summed E-state index contributed by atoms with van der Waals surface area (Å²) in [7, 11) is 1.45. The minimum atomic E-state index is -0.686. The van der Waals surface area contributed by atoms with Crippen molar-refractivity contribution >= 4 is 18.0 Å². The van der Waals surface area contributed by atoms with Crippen LogP contribution in [-0.4, -0.2) is 25.7 Å². The van der Waals surface area contributed by atoms with Gasteiger partial charge in [-0.05, 0) is 37.1 Å². The molecule has 0 unspecified atom stereocenters. The van der Waals surface area contributed by atoms with E-state index in [-0.39, 0.29) is 18.1 Å². The first-order valence-electron chi connectivity index (χ1n) is 7.73. The molecule has 0 aliphatic carbocycles. The van der Waals surface area contributed by atoms with Crippen molar-refractivity contribution < 1.29 is 23.8 Å². The van der Waals surface area contributed by atoms with E-state index >= 15 is 0 Å². The molecule has 0 amide bonds. The van der Waals surface area contributed by atoms with E-state index in [0.717, 1.165) is 12.8 Å². The third kappa shape index (κ3) is 5.76. The Kier molecular flexibility index (Phi) is 8.06. The van der Waals surface area contributed by atoms with Crippen molar-refractivity contribution in [2.45, 2.75) is 33.1 Å². The summed E-state index contributed by atoms with van der Waals surface area (Å²) in [4.78, 5) is 23.3. The van der Waals surface area contributed by atoms with E-state index in [1.165, 1.54) is 13.2 Å². The fourth-order valence-electron chi connectivity index (χ4n) is 1.87. The van der Waals surface area contributed by atoms with Gasteiger partial charge < -0.3 is 14.2 Å². The second kappa shape index (κ2) is 10.1. The highest BCUT2D eigenvalue weighted by Crippen LogP contribution is 2.29. The number of nitriles is 1. The quantitative estimate of drug-likeness (QED) is 0.314. The lowest BCUT2D eigenvalue weighted by Gasteiger charge is -2.10. The molecule has 0 saturated heterocycles. The predicted octanol–water partition coefficient (Wildman–Crippen LogP) is 3.26. The molecule has 0 aliphatic heterocycles. The molecule has 6 heteroatoms. The van der Waals surface area contributed by atoms with Gasteiger partial charge in [0.1, 0.15) is 11.6 Å². The summed E-state index contributed by atoms with van der Waals surface area (Å²) in [5.41, 5.74) is 0.441. The average Bonchev–Trinajstić information content (AvgIpc) is 2.58. The Hall–Kier alpha value is -2.81. The molecule has 128 valence electrons. The number of carbonyl (C=O) groups is 2. The number of hydrogen-bond acceptors (Lipinski definition) is 6. The maximum Gasteiger partial charge on any atom is 0.348 e. The molecule has 0 atom stereocenters. The Morgan fingerprint density at radius 1 is 1.25 bits per heavy atom. The summed E-state index contributed by atoms with van der Waals surface area (Å²) in [6, 6.07) is 6.58. The van der Waals surface area contributed by atoms with Crippen LogP contribution in [0.3, 0.4) is 0 Å². The highest BCUT2D eigenvalue weighted by Gasteiger charge is 2.13. The average molecular weight is 331 g/mol. The van der Waals surface area contributed by atoms with Gasteiger partial charge in [-0.2, -0.15) is 5.26 Å². The molecule has 0 heterocycles. The Morgan fingerprint density at radius 3 is 2.58 bits per heavy atom. The first-order valence-corrected chi connectivity index (χ1v) is 7.73. The van der Waals surface area contributed by atoms with Gasteiger partial charge in [-0.15, -0.1) is 0 Å². The van der Waals surface area contributed by atoms with E-state index < -0.39 is 5.97 Å². The Balaban J connectivity index is 2.99. The molecule has 1 rings (SSSR count). The zero-order valence-electron chi connectivity index (χ0n) is 14.1. The third-order valence-corrected chi connectivity index (χ3v) is 3.07. The first-order chi connectivity index (χ1) is 11.5. The van der Waals surface area contributed by atoms with Crippen LogP contribution in [0.25, 0.3) is 6.08 Å². The van der Waals surface area contributed by atoms with Gasteiger partial charge in [0.2, 0.25) is 0 Å². The SMILES string of the molecule is CCCCC(=O)Oc1ccc(/C=C(\C#N)C(=O)OCC)cc1OC. The number of hydrogen-bond donors (Lipinski definition) is 0. The molecular weight excluding hydrogens is 310 g/mol. The zero-order valence-corrected chi connectivity index (χ0v) is 14.1. The first kappa shape index (κ1) is 19.2. The van der Waals surface area contributed by atoms with Gasteiger partial charge in [0.15, 0.2) is 11.5 Å². The molecule has 0 saturated carbocycles. The van der Waals surface area contributed by atoms with Crippen molar-refractivity contribution in [1.29, 1.82) is 5.26 Å². The monoisotopic (exact) mass is 331 g/mol. The molecule has 0 aromatic heterocycles. The highest BCUT2D eigenvalue weighted by molar-refractivity contribution is 5.98. The zero-order chi connectivity index (χ0) is 17.9. The van der Waals surface area contributed by atoms with Gasteiger partial charge in [-0.1, -0.05) is 19.4 Å². The number of nitrogens with zero attached hydrogens (tertiary/aromatic N) is 1. The number of unbranched alkanes of at least 4 members (excludes halogenated alkanes) is 1. The molecule has 6 nitrogen and oxygen atoms in total. The predicted molar refractivity (Wildman–Crippen MR) is 88.4 cm³/mol. The highest BCUT2D eigenvalue weighted by atomic mass is 16.6. The fraction of sp³-hybridized carbons (Fsp3) is 0.389. The minimum absolute atomic E-state index is 0.119. The molecule has 0 aliphatic rings. The number of rotatable bonds is 8. The second-order valence-corrected chi connectivity index (χ2v) is 4.88. The van der Waals surface area contributed by atoms with E-state index in [4.69, 9.17) is 19.5 Å². The van der Waals surface area contributed by atoms with Crippen LogP contribution in [0.2, 0.25) is 0 Å². The third-order valence-electron chi connectivity index (χ3n) is 3.07. The van der Waals surface area contributed by atoms with Crippen LogP contribution in [0.1, 0.15) is 38.7 Å². The van der Waals surface area contributed by atoms with Gasteiger partial charge in [0.25, 0.3) is 0 Å². The Labute approximate surface area is 141 Å². The van der Waals surface area contributed by atoms with E-state index in [0.29, 0.717) is 23.5 Å². The van der Waals surface area contributed by atoms with E-state index in [1.54, 1.807) is 31.2 Å². The molecule has 0 bridgehead atoms. The number of ether oxygens (including phenoxy) is 3. The largest absolute Gasteiger partial charge is 0.493 e. The van der Waals surface area contributed by atoms with Gasteiger partial charge in [0.05, 0.1) is 13.7 Å². The maximum atomic E-state index is 11.7. The lowest BCUT2D eigenvalue weighted by molar-refractivity contribution is -0.138. The van der Waals surface area contributed by atoms with Crippen molar-refractivity contribution in [3.05, 3.63) is 29.3 Å². The molecule has 1 aromatic rings. The molecule has 24 heavy (non-hydrogen) atoms. The van der Waals surface area contributed by atoms with Crippen LogP contribution in [0.15, 0.2) is 23.8 Å². The normalized spacial score (nSPS) is 10.7. The Morgan fingerprint density at radius 2 is 2.00 bits per heavy atom. The van der Waals surface area contributed by atoms with Gasteiger partial charge in [-0.25, -0.2) is 4.79 Å². The van der Waals surface area contributed by atoms with Crippen LogP contribution in [-0.2, 0) is 14.3 Å². The van der Waals surface area contributed by atoms with Crippen LogP contribution in [0.5, 0.6) is 11.5 Å². The summed E-state index contributed by atoms with van der Waals surface area (Å²) in [6.45, 7) is 3.84. The maximum absolute atomic E-state index is 11.7. The minimum Gasteiger partial charge on any atom is -0.493 e. The van der Waals surface area contributed by atoms with Gasteiger partial charge in [0, 0.05) is 6.42 Å². The molecule has 0 spiro atoms. The molecule has 0 fully saturated rings. The van der Waals surface area contributed by atoms with Crippen molar-refractivity contribution in [3.63, 3.8) is 0 Å². The van der Waals surface area contributed by atoms with Gasteiger partial charge in [-0.3, -0.25) is 4.79 Å².